The molecule has 2 aromatic carbocycles. The van der Waals surface area contributed by atoms with E-state index in [1.54, 1.807) is 55.6 Å². The fourth-order valence-electron chi connectivity index (χ4n) is 2.86. The molecular formula is C21H24N6O4. The molecule has 0 fully saturated rings. The topological polar surface area (TPSA) is 120 Å². The van der Waals surface area contributed by atoms with Crippen LogP contribution in [0.3, 0.4) is 0 Å². The molecule has 0 atom stereocenters. The summed E-state index contributed by atoms with van der Waals surface area (Å²) >= 11 is 0. The first kappa shape index (κ1) is 21.9. The van der Waals surface area contributed by atoms with Crippen LogP contribution >= 0.6 is 0 Å². The van der Waals surface area contributed by atoms with Crippen molar-refractivity contribution in [1.82, 2.24) is 25.5 Å². The van der Waals surface area contributed by atoms with Gasteiger partial charge in [-0.2, -0.15) is 4.80 Å². The van der Waals surface area contributed by atoms with Crippen LogP contribution in [0.25, 0.3) is 11.4 Å². The molecule has 10 heteroatoms. The molecule has 0 aliphatic rings. The first-order chi connectivity index (χ1) is 15.1. The fourth-order valence-corrected chi connectivity index (χ4v) is 2.86. The Morgan fingerprint density at radius 2 is 1.84 bits per heavy atom. The Kier molecular flexibility index (Phi) is 7.66. The summed E-state index contributed by atoms with van der Waals surface area (Å²) in [6, 6.07) is 14.0. The van der Waals surface area contributed by atoms with E-state index in [1.165, 1.54) is 11.9 Å². The minimum atomic E-state index is -0.326. The van der Waals surface area contributed by atoms with E-state index in [0.717, 1.165) is 6.42 Å². The highest BCUT2D eigenvalue weighted by atomic mass is 16.5. The van der Waals surface area contributed by atoms with Gasteiger partial charge in [0.2, 0.25) is 11.7 Å². The third-order valence-electron chi connectivity index (χ3n) is 4.35. The van der Waals surface area contributed by atoms with Crippen molar-refractivity contribution in [3.05, 3.63) is 54.1 Å². The van der Waals surface area contributed by atoms with Gasteiger partial charge in [0.05, 0.1) is 18.4 Å². The van der Waals surface area contributed by atoms with Crippen LogP contribution in [0.2, 0.25) is 0 Å². The number of aromatic nitrogens is 4. The number of nitrogens with one attached hydrogen (secondary N) is 2. The molecule has 0 aliphatic heterocycles. The molecule has 1 heterocycles. The number of rotatable bonds is 10. The summed E-state index contributed by atoms with van der Waals surface area (Å²) in [7, 11) is 3.12. The second-order valence-electron chi connectivity index (χ2n) is 6.54. The molecule has 2 N–H and O–H groups in total. The van der Waals surface area contributed by atoms with Gasteiger partial charge in [-0.05, 0) is 35.9 Å². The molecule has 2 amide bonds. The summed E-state index contributed by atoms with van der Waals surface area (Å²) in [6.45, 7) is 1.02. The fraction of sp³-hybridized carbons (Fsp3) is 0.286. The quantitative estimate of drug-likeness (QED) is 0.476. The molecule has 0 spiro atoms. The number of amides is 2. The van der Waals surface area contributed by atoms with Crippen molar-refractivity contribution in [2.24, 2.45) is 0 Å². The van der Waals surface area contributed by atoms with Crippen molar-refractivity contribution in [3.8, 4) is 17.1 Å². The lowest BCUT2D eigenvalue weighted by atomic mass is 10.1. The largest absolute Gasteiger partial charge is 0.496 e. The monoisotopic (exact) mass is 424 g/mol. The Morgan fingerprint density at radius 3 is 2.65 bits per heavy atom. The number of tetrazole rings is 1. The van der Waals surface area contributed by atoms with Gasteiger partial charge in [0, 0.05) is 25.8 Å². The zero-order chi connectivity index (χ0) is 22.1. The van der Waals surface area contributed by atoms with Crippen molar-refractivity contribution in [1.29, 1.82) is 0 Å². The lowest BCUT2D eigenvalue weighted by Crippen LogP contribution is -2.29. The number of hydrogen-bond donors (Lipinski definition) is 2. The van der Waals surface area contributed by atoms with E-state index in [-0.39, 0.29) is 18.4 Å². The third kappa shape index (κ3) is 5.86. The normalized spacial score (nSPS) is 10.5. The van der Waals surface area contributed by atoms with Gasteiger partial charge in [0.25, 0.3) is 5.91 Å². The van der Waals surface area contributed by atoms with Crippen molar-refractivity contribution >= 4 is 17.5 Å². The molecule has 10 nitrogen and oxygen atoms in total. The molecule has 1 aromatic heterocycles. The number of carbonyl (C=O) groups is 2. The summed E-state index contributed by atoms with van der Waals surface area (Å²) in [5, 5.41) is 17.9. The summed E-state index contributed by atoms with van der Waals surface area (Å²) < 4.78 is 10.2. The standard InChI is InChI=1S/C21H24N6O4/c1-30-13-7-12-22-19(28)14-27-25-20(24-26-27)15-8-3-5-10-17(15)23-21(29)16-9-4-6-11-18(16)31-2/h3-6,8-11H,7,12-14H2,1-2H3,(H,22,28)(H,23,29). The van der Waals surface area contributed by atoms with Crippen LogP contribution in [-0.4, -0.2) is 59.4 Å². The molecule has 0 radical (unpaired) electrons. The Balaban J connectivity index is 1.71. The number of benzene rings is 2. The second kappa shape index (κ2) is 10.8. The number of anilines is 1. The first-order valence-electron chi connectivity index (χ1n) is 9.69. The van der Waals surface area contributed by atoms with E-state index in [1.807, 2.05) is 0 Å². The summed E-state index contributed by atoms with van der Waals surface area (Å²) in [5.41, 5.74) is 1.50. The number of ether oxygens (including phenoxy) is 2. The van der Waals surface area contributed by atoms with Gasteiger partial charge in [0.15, 0.2) is 0 Å². The van der Waals surface area contributed by atoms with Crippen LogP contribution in [-0.2, 0) is 16.1 Å². The van der Waals surface area contributed by atoms with E-state index in [2.05, 4.69) is 26.0 Å². The highest BCUT2D eigenvalue weighted by molar-refractivity contribution is 6.07. The smallest absolute Gasteiger partial charge is 0.259 e. The van der Waals surface area contributed by atoms with Gasteiger partial charge in [0.1, 0.15) is 12.3 Å². The molecule has 3 aromatic rings. The number of nitrogens with zero attached hydrogens (tertiary/aromatic N) is 4. The van der Waals surface area contributed by atoms with Gasteiger partial charge in [-0.1, -0.05) is 24.3 Å². The summed E-state index contributed by atoms with van der Waals surface area (Å²) in [4.78, 5) is 26.0. The molecular weight excluding hydrogens is 400 g/mol. The van der Waals surface area contributed by atoms with E-state index in [9.17, 15) is 9.59 Å². The van der Waals surface area contributed by atoms with Gasteiger partial charge < -0.3 is 20.1 Å². The Morgan fingerprint density at radius 1 is 1.06 bits per heavy atom. The second-order valence-corrected chi connectivity index (χ2v) is 6.54. The number of para-hydroxylation sites is 2. The summed E-state index contributed by atoms with van der Waals surface area (Å²) in [5.74, 6) is 0.215. The lowest BCUT2D eigenvalue weighted by molar-refractivity contribution is -0.122. The third-order valence-corrected chi connectivity index (χ3v) is 4.35. The van der Waals surface area contributed by atoms with Crippen LogP contribution in [0.15, 0.2) is 48.5 Å². The van der Waals surface area contributed by atoms with Crippen LogP contribution in [0, 0.1) is 0 Å². The lowest BCUT2D eigenvalue weighted by Gasteiger charge is -2.11. The molecule has 3 rings (SSSR count). The van der Waals surface area contributed by atoms with Gasteiger partial charge in [-0.3, -0.25) is 9.59 Å². The van der Waals surface area contributed by atoms with Gasteiger partial charge in [-0.25, -0.2) is 0 Å². The molecule has 162 valence electrons. The predicted molar refractivity (Wildman–Crippen MR) is 114 cm³/mol. The maximum atomic E-state index is 12.8. The van der Waals surface area contributed by atoms with Gasteiger partial charge >= 0.3 is 0 Å². The summed E-state index contributed by atoms with van der Waals surface area (Å²) in [6.07, 6.45) is 0.720. The SMILES string of the molecule is COCCCNC(=O)Cn1nnc(-c2ccccc2NC(=O)c2ccccc2OC)n1. The van der Waals surface area contributed by atoms with Crippen molar-refractivity contribution < 1.29 is 19.1 Å². The zero-order valence-electron chi connectivity index (χ0n) is 17.4. The van der Waals surface area contributed by atoms with Crippen LogP contribution < -0.4 is 15.4 Å². The average molecular weight is 424 g/mol. The van der Waals surface area contributed by atoms with Crippen molar-refractivity contribution in [2.75, 3.05) is 32.7 Å². The Labute approximate surface area is 179 Å². The maximum absolute atomic E-state index is 12.8. The highest BCUT2D eigenvalue weighted by Crippen LogP contribution is 2.26. The van der Waals surface area contributed by atoms with E-state index in [0.29, 0.717) is 41.5 Å². The molecule has 31 heavy (non-hydrogen) atoms. The first-order valence-corrected chi connectivity index (χ1v) is 9.69. The number of carbonyl (C=O) groups excluding carboxylic acids is 2. The highest BCUT2D eigenvalue weighted by Gasteiger charge is 2.16. The van der Waals surface area contributed by atoms with Gasteiger partial charge in [-0.15, -0.1) is 10.2 Å². The van der Waals surface area contributed by atoms with Crippen molar-refractivity contribution in [3.63, 3.8) is 0 Å². The van der Waals surface area contributed by atoms with Crippen molar-refractivity contribution in [2.45, 2.75) is 13.0 Å². The van der Waals surface area contributed by atoms with E-state index < -0.39 is 0 Å². The number of hydrogen-bond acceptors (Lipinski definition) is 7. The van der Waals surface area contributed by atoms with Crippen LogP contribution in [0.4, 0.5) is 5.69 Å². The van der Waals surface area contributed by atoms with Crippen LogP contribution in [0.5, 0.6) is 5.75 Å². The number of methoxy groups -OCH3 is 2. The molecule has 0 aliphatic carbocycles. The zero-order valence-corrected chi connectivity index (χ0v) is 17.4. The molecule has 0 saturated heterocycles. The molecule has 0 bridgehead atoms. The molecule has 0 unspecified atom stereocenters. The van der Waals surface area contributed by atoms with E-state index in [4.69, 9.17) is 9.47 Å². The predicted octanol–water partition coefficient (Wildman–Crippen LogP) is 1.75. The average Bonchev–Trinajstić information content (AvgIpc) is 3.25. The Hall–Kier alpha value is -3.79. The molecule has 0 saturated carbocycles. The maximum Gasteiger partial charge on any atom is 0.259 e. The van der Waals surface area contributed by atoms with Crippen LogP contribution in [0.1, 0.15) is 16.8 Å². The minimum Gasteiger partial charge on any atom is -0.496 e. The Bertz CT molecular complexity index is 1040. The van der Waals surface area contributed by atoms with E-state index >= 15 is 0 Å². The minimum absolute atomic E-state index is 0.0598.